The predicted molar refractivity (Wildman–Crippen MR) is 100 cm³/mol. The molecule has 1 aliphatic rings. The zero-order valence-electron chi connectivity index (χ0n) is 16.0. The SMILES string of the molecule is CC(=O)N1CC[C@H](N[C@H](C)C(=O)N[C@@H](C)c2ccccc2C)[C@@H](C)C1. The lowest BCUT2D eigenvalue weighted by Crippen LogP contribution is -2.54. The van der Waals surface area contributed by atoms with Crippen molar-refractivity contribution < 1.29 is 9.59 Å². The highest BCUT2D eigenvalue weighted by atomic mass is 16.2. The minimum Gasteiger partial charge on any atom is -0.348 e. The van der Waals surface area contributed by atoms with Crippen LogP contribution in [0.4, 0.5) is 0 Å². The molecule has 2 amide bonds. The third-order valence-corrected chi connectivity index (χ3v) is 5.22. The summed E-state index contributed by atoms with van der Waals surface area (Å²) in [7, 11) is 0. The summed E-state index contributed by atoms with van der Waals surface area (Å²) in [6, 6.07) is 8.09. The van der Waals surface area contributed by atoms with Crippen LogP contribution in [0, 0.1) is 12.8 Å². The van der Waals surface area contributed by atoms with E-state index in [9.17, 15) is 9.59 Å². The Balaban J connectivity index is 1.88. The van der Waals surface area contributed by atoms with Crippen molar-refractivity contribution in [3.8, 4) is 0 Å². The van der Waals surface area contributed by atoms with Crippen LogP contribution in [-0.2, 0) is 9.59 Å². The van der Waals surface area contributed by atoms with Gasteiger partial charge in [-0.2, -0.15) is 0 Å². The number of hydrogen-bond donors (Lipinski definition) is 2. The fourth-order valence-corrected chi connectivity index (χ4v) is 3.56. The van der Waals surface area contributed by atoms with Crippen molar-refractivity contribution in [3.05, 3.63) is 35.4 Å². The summed E-state index contributed by atoms with van der Waals surface area (Å²) in [5.41, 5.74) is 2.33. The minimum atomic E-state index is -0.261. The predicted octanol–water partition coefficient (Wildman–Crippen LogP) is 2.41. The number of carbonyl (C=O) groups is 2. The Bertz CT molecular complexity index is 617. The maximum Gasteiger partial charge on any atom is 0.237 e. The summed E-state index contributed by atoms with van der Waals surface area (Å²) in [5, 5.41) is 6.55. The molecule has 4 atom stereocenters. The molecule has 1 aromatic carbocycles. The normalized spacial score (nSPS) is 23.0. The summed E-state index contributed by atoms with van der Waals surface area (Å²) in [4.78, 5) is 25.9. The van der Waals surface area contributed by atoms with E-state index in [0.29, 0.717) is 5.92 Å². The molecule has 25 heavy (non-hydrogen) atoms. The summed E-state index contributed by atoms with van der Waals surface area (Å²) >= 11 is 0. The van der Waals surface area contributed by atoms with Crippen molar-refractivity contribution in [2.45, 2.75) is 59.2 Å². The Morgan fingerprint density at radius 2 is 1.92 bits per heavy atom. The summed E-state index contributed by atoms with van der Waals surface area (Å²) in [6.45, 7) is 11.2. The first kappa shape index (κ1) is 19.4. The van der Waals surface area contributed by atoms with E-state index in [1.54, 1.807) is 6.92 Å². The number of piperidine rings is 1. The van der Waals surface area contributed by atoms with E-state index in [0.717, 1.165) is 25.1 Å². The monoisotopic (exact) mass is 345 g/mol. The van der Waals surface area contributed by atoms with Gasteiger partial charge in [0.1, 0.15) is 0 Å². The highest BCUT2D eigenvalue weighted by Gasteiger charge is 2.29. The summed E-state index contributed by atoms with van der Waals surface area (Å²) in [6.07, 6.45) is 0.881. The molecule has 1 fully saturated rings. The van der Waals surface area contributed by atoms with E-state index in [-0.39, 0.29) is 29.9 Å². The molecule has 1 saturated heterocycles. The molecule has 0 unspecified atom stereocenters. The van der Waals surface area contributed by atoms with E-state index in [1.807, 2.05) is 30.9 Å². The lowest BCUT2D eigenvalue weighted by Gasteiger charge is -2.38. The van der Waals surface area contributed by atoms with Crippen LogP contribution >= 0.6 is 0 Å². The highest BCUT2D eigenvalue weighted by Crippen LogP contribution is 2.19. The van der Waals surface area contributed by atoms with E-state index in [2.05, 4.69) is 36.6 Å². The highest BCUT2D eigenvalue weighted by molar-refractivity contribution is 5.81. The molecule has 2 N–H and O–H groups in total. The molecular weight excluding hydrogens is 314 g/mol. The number of nitrogens with zero attached hydrogens (tertiary/aromatic N) is 1. The minimum absolute atomic E-state index is 0.0111. The maximum atomic E-state index is 12.6. The van der Waals surface area contributed by atoms with Crippen LogP contribution in [0.5, 0.6) is 0 Å². The van der Waals surface area contributed by atoms with Gasteiger partial charge in [0, 0.05) is 26.1 Å². The van der Waals surface area contributed by atoms with Gasteiger partial charge in [0.2, 0.25) is 11.8 Å². The molecule has 5 nitrogen and oxygen atoms in total. The molecule has 2 rings (SSSR count). The molecule has 0 bridgehead atoms. The van der Waals surface area contributed by atoms with Crippen LogP contribution in [0.2, 0.25) is 0 Å². The molecule has 1 heterocycles. The zero-order valence-corrected chi connectivity index (χ0v) is 16.0. The fraction of sp³-hybridized carbons (Fsp3) is 0.600. The Morgan fingerprint density at radius 3 is 2.52 bits per heavy atom. The van der Waals surface area contributed by atoms with Crippen molar-refractivity contribution in [1.29, 1.82) is 0 Å². The zero-order chi connectivity index (χ0) is 18.6. The molecule has 0 radical (unpaired) electrons. The molecule has 1 aliphatic heterocycles. The average Bonchev–Trinajstić information content (AvgIpc) is 2.56. The van der Waals surface area contributed by atoms with Crippen LogP contribution in [-0.4, -0.2) is 41.9 Å². The van der Waals surface area contributed by atoms with Gasteiger partial charge in [-0.1, -0.05) is 31.2 Å². The second-order valence-corrected chi connectivity index (χ2v) is 7.31. The van der Waals surface area contributed by atoms with E-state index in [1.165, 1.54) is 5.56 Å². The Morgan fingerprint density at radius 1 is 1.24 bits per heavy atom. The van der Waals surface area contributed by atoms with Gasteiger partial charge in [-0.05, 0) is 44.2 Å². The summed E-state index contributed by atoms with van der Waals surface area (Å²) < 4.78 is 0. The first-order valence-electron chi connectivity index (χ1n) is 9.17. The lowest BCUT2D eigenvalue weighted by atomic mass is 9.93. The Hall–Kier alpha value is -1.88. The van der Waals surface area contributed by atoms with Gasteiger partial charge >= 0.3 is 0 Å². The third-order valence-electron chi connectivity index (χ3n) is 5.22. The Kier molecular flexibility index (Phi) is 6.59. The standard InChI is InChI=1S/C20H31N3O2/c1-13-8-6-7-9-18(13)15(3)22-20(25)16(4)21-19-10-11-23(17(5)24)12-14(19)2/h6-9,14-16,19,21H,10-12H2,1-5H3,(H,22,25)/t14-,15-,16+,19-/m0/s1. The van der Waals surface area contributed by atoms with Gasteiger partial charge in [-0.3, -0.25) is 9.59 Å². The lowest BCUT2D eigenvalue weighted by molar-refractivity contribution is -0.131. The second-order valence-electron chi connectivity index (χ2n) is 7.31. The van der Waals surface area contributed by atoms with Crippen molar-refractivity contribution in [1.82, 2.24) is 15.5 Å². The van der Waals surface area contributed by atoms with Crippen LogP contribution in [0.15, 0.2) is 24.3 Å². The largest absolute Gasteiger partial charge is 0.348 e. The average molecular weight is 345 g/mol. The van der Waals surface area contributed by atoms with E-state index < -0.39 is 0 Å². The number of benzene rings is 1. The molecular formula is C20H31N3O2. The number of aryl methyl sites for hydroxylation is 1. The number of amides is 2. The number of carbonyl (C=O) groups excluding carboxylic acids is 2. The maximum absolute atomic E-state index is 12.6. The Labute approximate surface area is 151 Å². The van der Waals surface area contributed by atoms with Crippen LogP contribution in [0.1, 0.15) is 51.3 Å². The van der Waals surface area contributed by atoms with Crippen molar-refractivity contribution in [2.75, 3.05) is 13.1 Å². The molecule has 1 aromatic rings. The van der Waals surface area contributed by atoms with Crippen LogP contribution < -0.4 is 10.6 Å². The quantitative estimate of drug-likeness (QED) is 0.861. The van der Waals surface area contributed by atoms with Gasteiger partial charge in [0.25, 0.3) is 0 Å². The third kappa shape index (κ3) is 5.05. The van der Waals surface area contributed by atoms with Crippen LogP contribution in [0.3, 0.4) is 0 Å². The first-order chi connectivity index (χ1) is 11.8. The summed E-state index contributed by atoms with van der Waals surface area (Å²) in [5.74, 6) is 0.474. The number of nitrogens with one attached hydrogen (secondary N) is 2. The number of hydrogen-bond acceptors (Lipinski definition) is 3. The molecule has 0 aromatic heterocycles. The molecule has 0 saturated carbocycles. The van der Waals surface area contributed by atoms with Gasteiger partial charge in [-0.15, -0.1) is 0 Å². The molecule has 138 valence electrons. The van der Waals surface area contributed by atoms with Crippen LogP contribution in [0.25, 0.3) is 0 Å². The smallest absolute Gasteiger partial charge is 0.237 e. The number of rotatable bonds is 5. The molecule has 0 aliphatic carbocycles. The number of likely N-dealkylation sites (tertiary alicyclic amines) is 1. The van der Waals surface area contributed by atoms with Crippen molar-refractivity contribution in [2.24, 2.45) is 5.92 Å². The fourth-order valence-electron chi connectivity index (χ4n) is 3.56. The first-order valence-corrected chi connectivity index (χ1v) is 9.17. The molecule has 5 heteroatoms. The van der Waals surface area contributed by atoms with E-state index in [4.69, 9.17) is 0 Å². The van der Waals surface area contributed by atoms with E-state index >= 15 is 0 Å². The van der Waals surface area contributed by atoms with Crippen molar-refractivity contribution >= 4 is 11.8 Å². The van der Waals surface area contributed by atoms with Crippen molar-refractivity contribution in [3.63, 3.8) is 0 Å². The topological polar surface area (TPSA) is 61.4 Å². The van der Waals surface area contributed by atoms with Gasteiger partial charge < -0.3 is 15.5 Å². The second kappa shape index (κ2) is 8.48. The van der Waals surface area contributed by atoms with Gasteiger partial charge in [0.05, 0.1) is 12.1 Å². The molecule has 0 spiro atoms. The van der Waals surface area contributed by atoms with Gasteiger partial charge in [-0.25, -0.2) is 0 Å². The van der Waals surface area contributed by atoms with Gasteiger partial charge in [0.15, 0.2) is 0 Å².